The lowest BCUT2D eigenvalue weighted by Crippen LogP contribution is -2.26. The van der Waals surface area contributed by atoms with E-state index >= 15 is 0 Å². The summed E-state index contributed by atoms with van der Waals surface area (Å²) >= 11 is 2.15. The van der Waals surface area contributed by atoms with Gasteiger partial charge in [0, 0.05) is 12.3 Å². The second kappa shape index (κ2) is 6.11. The maximum absolute atomic E-state index is 13.2. The van der Waals surface area contributed by atoms with Gasteiger partial charge in [0.2, 0.25) is 0 Å². The van der Waals surface area contributed by atoms with E-state index in [1.54, 1.807) is 6.92 Å². The van der Waals surface area contributed by atoms with Crippen molar-refractivity contribution in [2.24, 2.45) is 5.92 Å². The molecular weight excluding hydrogens is 273 g/mol. The van der Waals surface area contributed by atoms with Crippen LogP contribution in [0.15, 0.2) is 0 Å². The SMILES string of the molecule is CCCCC(F)(F)C(C)CCI. The van der Waals surface area contributed by atoms with Crippen LogP contribution in [0.4, 0.5) is 8.78 Å². The Morgan fingerprint density at radius 1 is 1.42 bits per heavy atom. The van der Waals surface area contributed by atoms with Gasteiger partial charge < -0.3 is 0 Å². The monoisotopic (exact) mass is 290 g/mol. The first-order valence-corrected chi connectivity index (χ1v) is 6.01. The van der Waals surface area contributed by atoms with Gasteiger partial charge in [-0.15, -0.1) is 0 Å². The van der Waals surface area contributed by atoms with E-state index in [9.17, 15) is 8.78 Å². The van der Waals surface area contributed by atoms with Crippen LogP contribution in [0.1, 0.15) is 39.5 Å². The molecule has 1 unspecified atom stereocenters. The van der Waals surface area contributed by atoms with Crippen LogP contribution in [0.3, 0.4) is 0 Å². The highest BCUT2D eigenvalue weighted by Crippen LogP contribution is 2.32. The lowest BCUT2D eigenvalue weighted by molar-refractivity contribution is -0.0608. The summed E-state index contributed by atoms with van der Waals surface area (Å²) in [6.45, 7) is 3.59. The van der Waals surface area contributed by atoms with E-state index in [2.05, 4.69) is 22.6 Å². The Labute approximate surface area is 87.3 Å². The zero-order chi connectivity index (χ0) is 9.61. The van der Waals surface area contributed by atoms with Crippen molar-refractivity contribution in [2.75, 3.05) is 4.43 Å². The summed E-state index contributed by atoms with van der Waals surface area (Å²) in [6.07, 6.45) is 2.17. The molecule has 0 saturated carbocycles. The summed E-state index contributed by atoms with van der Waals surface area (Å²) in [4.78, 5) is 0. The molecule has 0 N–H and O–H groups in total. The fourth-order valence-corrected chi connectivity index (χ4v) is 1.97. The molecule has 3 heteroatoms. The van der Waals surface area contributed by atoms with E-state index < -0.39 is 11.8 Å². The van der Waals surface area contributed by atoms with E-state index in [-0.39, 0.29) is 6.42 Å². The quantitative estimate of drug-likeness (QED) is 0.506. The third-order valence-corrected chi connectivity index (χ3v) is 2.75. The molecule has 0 rings (SSSR count). The van der Waals surface area contributed by atoms with Gasteiger partial charge in [-0.2, -0.15) is 0 Å². The molecule has 0 aromatic heterocycles. The Morgan fingerprint density at radius 3 is 2.42 bits per heavy atom. The fraction of sp³-hybridized carbons (Fsp3) is 1.00. The summed E-state index contributed by atoms with van der Waals surface area (Å²) < 4.78 is 27.2. The van der Waals surface area contributed by atoms with Crippen molar-refractivity contribution >= 4 is 22.6 Å². The minimum Gasteiger partial charge on any atom is -0.207 e. The second-order valence-corrected chi connectivity index (χ2v) is 4.32. The number of hydrogen-bond acceptors (Lipinski definition) is 0. The van der Waals surface area contributed by atoms with Gasteiger partial charge in [-0.05, 0) is 17.3 Å². The van der Waals surface area contributed by atoms with Gasteiger partial charge in [-0.25, -0.2) is 8.78 Å². The van der Waals surface area contributed by atoms with E-state index in [0.717, 1.165) is 10.8 Å². The number of halogens is 3. The van der Waals surface area contributed by atoms with E-state index in [1.165, 1.54) is 0 Å². The van der Waals surface area contributed by atoms with Crippen LogP contribution >= 0.6 is 22.6 Å². The third-order valence-electron chi connectivity index (χ3n) is 2.13. The Hall–Kier alpha value is 0.590. The van der Waals surface area contributed by atoms with E-state index in [1.807, 2.05) is 6.92 Å². The number of rotatable bonds is 6. The molecule has 0 bridgehead atoms. The largest absolute Gasteiger partial charge is 0.250 e. The first-order valence-electron chi connectivity index (χ1n) is 4.48. The first-order chi connectivity index (χ1) is 5.54. The standard InChI is InChI=1S/C9H17F2I/c1-3-4-6-9(10,11)8(2)5-7-12/h8H,3-7H2,1-2H3. The maximum atomic E-state index is 13.2. The van der Waals surface area contributed by atoms with Gasteiger partial charge >= 0.3 is 0 Å². The lowest BCUT2D eigenvalue weighted by Gasteiger charge is -2.22. The molecule has 74 valence electrons. The zero-order valence-corrected chi connectivity index (χ0v) is 9.90. The first kappa shape index (κ1) is 12.6. The maximum Gasteiger partial charge on any atom is 0.250 e. The molecule has 0 aromatic rings. The van der Waals surface area contributed by atoms with Crippen molar-refractivity contribution in [1.82, 2.24) is 0 Å². The van der Waals surface area contributed by atoms with Crippen molar-refractivity contribution in [3.63, 3.8) is 0 Å². The molecule has 0 saturated heterocycles. The van der Waals surface area contributed by atoms with E-state index in [4.69, 9.17) is 0 Å². The summed E-state index contributed by atoms with van der Waals surface area (Å²) in [5.74, 6) is -2.90. The van der Waals surface area contributed by atoms with E-state index in [0.29, 0.717) is 12.8 Å². The highest BCUT2D eigenvalue weighted by molar-refractivity contribution is 14.1. The molecule has 0 fully saturated rings. The summed E-state index contributed by atoms with van der Waals surface area (Å²) in [5.41, 5.74) is 0. The topological polar surface area (TPSA) is 0 Å². The second-order valence-electron chi connectivity index (χ2n) is 3.24. The van der Waals surface area contributed by atoms with Crippen molar-refractivity contribution in [3.05, 3.63) is 0 Å². The van der Waals surface area contributed by atoms with Gasteiger partial charge in [0.05, 0.1) is 0 Å². The minimum atomic E-state index is -2.44. The van der Waals surface area contributed by atoms with Gasteiger partial charge in [0.25, 0.3) is 5.92 Å². The normalized spacial score (nSPS) is 14.8. The fourth-order valence-electron chi connectivity index (χ4n) is 1.03. The van der Waals surface area contributed by atoms with Crippen LogP contribution in [0, 0.1) is 5.92 Å². The van der Waals surface area contributed by atoms with Crippen molar-refractivity contribution in [3.8, 4) is 0 Å². The summed E-state index contributed by atoms with van der Waals surface area (Å²) in [6, 6.07) is 0. The van der Waals surface area contributed by atoms with Crippen LogP contribution in [-0.4, -0.2) is 10.4 Å². The van der Waals surface area contributed by atoms with Crippen LogP contribution < -0.4 is 0 Å². The Kier molecular flexibility index (Phi) is 6.41. The molecule has 0 aliphatic rings. The highest BCUT2D eigenvalue weighted by Gasteiger charge is 2.34. The lowest BCUT2D eigenvalue weighted by atomic mass is 9.96. The number of unbranched alkanes of at least 4 members (excludes halogenated alkanes) is 1. The minimum absolute atomic E-state index is 0.0569. The predicted molar refractivity (Wildman–Crippen MR) is 57.1 cm³/mol. The number of hydrogen-bond donors (Lipinski definition) is 0. The molecule has 0 aliphatic heterocycles. The zero-order valence-electron chi connectivity index (χ0n) is 7.75. The number of alkyl halides is 3. The van der Waals surface area contributed by atoms with Gasteiger partial charge in [-0.1, -0.05) is 42.9 Å². The molecule has 0 heterocycles. The Morgan fingerprint density at radius 2 is 2.00 bits per heavy atom. The highest BCUT2D eigenvalue weighted by atomic mass is 127. The average Bonchev–Trinajstić information content (AvgIpc) is 2.01. The summed E-state index contributed by atoms with van der Waals surface area (Å²) in [5, 5.41) is 0. The van der Waals surface area contributed by atoms with Crippen LogP contribution in [0.25, 0.3) is 0 Å². The molecule has 0 spiro atoms. The molecular formula is C9H17F2I. The molecule has 0 radical (unpaired) electrons. The van der Waals surface area contributed by atoms with Crippen molar-refractivity contribution in [2.45, 2.75) is 45.5 Å². The molecule has 1 atom stereocenters. The average molecular weight is 290 g/mol. The van der Waals surface area contributed by atoms with Crippen molar-refractivity contribution < 1.29 is 8.78 Å². The Balaban J connectivity index is 3.81. The van der Waals surface area contributed by atoms with Crippen LogP contribution in [0.5, 0.6) is 0 Å². The van der Waals surface area contributed by atoms with Crippen LogP contribution in [-0.2, 0) is 0 Å². The van der Waals surface area contributed by atoms with Gasteiger partial charge in [-0.3, -0.25) is 0 Å². The van der Waals surface area contributed by atoms with Crippen molar-refractivity contribution in [1.29, 1.82) is 0 Å². The smallest absolute Gasteiger partial charge is 0.207 e. The molecule has 0 aromatic carbocycles. The third kappa shape index (κ3) is 4.58. The molecule has 0 amide bonds. The van der Waals surface area contributed by atoms with Gasteiger partial charge in [0.15, 0.2) is 0 Å². The molecule has 0 nitrogen and oxygen atoms in total. The predicted octanol–water partition coefficient (Wildman–Crippen LogP) is 4.27. The molecule has 0 aliphatic carbocycles. The van der Waals surface area contributed by atoms with Crippen LogP contribution in [0.2, 0.25) is 0 Å². The van der Waals surface area contributed by atoms with Gasteiger partial charge in [0.1, 0.15) is 0 Å². The Bertz CT molecular complexity index is 115. The summed E-state index contributed by atoms with van der Waals surface area (Å²) in [7, 11) is 0. The molecule has 12 heavy (non-hydrogen) atoms.